The fraction of sp³-hybridized carbons (Fsp3) is 0.385. The van der Waals surface area contributed by atoms with Crippen molar-refractivity contribution in [3.05, 3.63) is 30.6 Å². The standard InChI is InChI=1S/C13H17N3S/c1-2-8-17-9-7-14-13-11-5-3-4-6-12(11)15-10-16-13/h3-6,10H,2,7-9H2,1H3,(H,14,15,16). The molecule has 1 aromatic carbocycles. The van der Waals surface area contributed by atoms with Gasteiger partial charge in [-0.05, 0) is 24.3 Å². The second-order valence-electron chi connectivity index (χ2n) is 3.78. The van der Waals surface area contributed by atoms with Crippen molar-refractivity contribution in [1.82, 2.24) is 9.97 Å². The van der Waals surface area contributed by atoms with Gasteiger partial charge < -0.3 is 5.32 Å². The van der Waals surface area contributed by atoms with Crippen molar-refractivity contribution in [2.24, 2.45) is 0 Å². The monoisotopic (exact) mass is 247 g/mol. The van der Waals surface area contributed by atoms with Crippen LogP contribution in [0.2, 0.25) is 0 Å². The summed E-state index contributed by atoms with van der Waals surface area (Å²) in [4.78, 5) is 8.54. The van der Waals surface area contributed by atoms with Gasteiger partial charge in [-0.1, -0.05) is 19.1 Å². The first-order valence-electron chi connectivity index (χ1n) is 5.93. The molecule has 0 saturated carbocycles. The minimum Gasteiger partial charge on any atom is -0.369 e. The van der Waals surface area contributed by atoms with Crippen LogP contribution in [0.5, 0.6) is 0 Å². The van der Waals surface area contributed by atoms with Crippen molar-refractivity contribution in [3.63, 3.8) is 0 Å². The van der Waals surface area contributed by atoms with Gasteiger partial charge >= 0.3 is 0 Å². The molecule has 2 rings (SSSR count). The molecule has 0 bridgehead atoms. The quantitative estimate of drug-likeness (QED) is 0.796. The molecule has 0 aliphatic heterocycles. The molecule has 2 aromatic rings. The number of fused-ring (bicyclic) bond motifs is 1. The molecule has 0 aliphatic carbocycles. The van der Waals surface area contributed by atoms with Gasteiger partial charge in [0.05, 0.1) is 5.52 Å². The average Bonchev–Trinajstić information content (AvgIpc) is 2.39. The lowest BCUT2D eigenvalue weighted by molar-refractivity contribution is 1.10. The van der Waals surface area contributed by atoms with Crippen LogP contribution in [0.4, 0.5) is 5.82 Å². The summed E-state index contributed by atoms with van der Waals surface area (Å²) in [6.45, 7) is 3.16. The van der Waals surface area contributed by atoms with Crippen LogP contribution in [-0.4, -0.2) is 28.0 Å². The number of para-hydroxylation sites is 1. The van der Waals surface area contributed by atoms with Crippen LogP contribution >= 0.6 is 11.8 Å². The number of hydrogen-bond donors (Lipinski definition) is 1. The van der Waals surface area contributed by atoms with Crippen LogP contribution < -0.4 is 5.32 Å². The zero-order chi connectivity index (χ0) is 11.9. The van der Waals surface area contributed by atoms with Crippen molar-refractivity contribution < 1.29 is 0 Å². The van der Waals surface area contributed by atoms with Crippen LogP contribution in [0.3, 0.4) is 0 Å². The van der Waals surface area contributed by atoms with Gasteiger partial charge in [0, 0.05) is 17.7 Å². The predicted molar refractivity (Wildman–Crippen MR) is 75.6 cm³/mol. The van der Waals surface area contributed by atoms with Crippen LogP contribution in [0, 0.1) is 0 Å². The number of benzene rings is 1. The normalized spacial score (nSPS) is 10.6. The van der Waals surface area contributed by atoms with Gasteiger partial charge in [-0.3, -0.25) is 0 Å². The fourth-order valence-corrected chi connectivity index (χ4v) is 2.37. The van der Waals surface area contributed by atoms with Crippen molar-refractivity contribution in [2.75, 3.05) is 23.4 Å². The zero-order valence-electron chi connectivity index (χ0n) is 10.0. The Labute approximate surface area is 106 Å². The van der Waals surface area contributed by atoms with Gasteiger partial charge in [0.1, 0.15) is 12.1 Å². The molecule has 1 N–H and O–H groups in total. The van der Waals surface area contributed by atoms with E-state index in [1.807, 2.05) is 30.0 Å². The highest BCUT2D eigenvalue weighted by molar-refractivity contribution is 7.99. The van der Waals surface area contributed by atoms with E-state index in [1.165, 1.54) is 12.2 Å². The van der Waals surface area contributed by atoms with E-state index in [2.05, 4.69) is 28.3 Å². The molecule has 1 heterocycles. The summed E-state index contributed by atoms with van der Waals surface area (Å²) in [5, 5.41) is 4.47. The molecule has 0 saturated heterocycles. The highest BCUT2D eigenvalue weighted by atomic mass is 32.2. The van der Waals surface area contributed by atoms with Crippen LogP contribution in [0.25, 0.3) is 10.9 Å². The molecule has 0 fully saturated rings. The molecule has 4 heteroatoms. The van der Waals surface area contributed by atoms with Crippen molar-refractivity contribution in [3.8, 4) is 0 Å². The average molecular weight is 247 g/mol. The second kappa shape index (κ2) is 6.45. The lowest BCUT2D eigenvalue weighted by Gasteiger charge is -2.07. The number of rotatable bonds is 6. The number of nitrogens with zero attached hydrogens (tertiary/aromatic N) is 2. The number of thioether (sulfide) groups is 1. The Kier molecular flexibility index (Phi) is 4.62. The third kappa shape index (κ3) is 3.33. The van der Waals surface area contributed by atoms with Gasteiger partial charge in [-0.25, -0.2) is 9.97 Å². The summed E-state index contributed by atoms with van der Waals surface area (Å²) in [6.07, 6.45) is 2.85. The summed E-state index contributed by atoms with van der Waals surface area (Å²) in [7, 11) is 0. The predicted octanol–water partition coefficient (Wildman–Crippen LogP) is 3.18. The molecule has 1 aromatic heterocycles. The maximum atomic E-state index is 4.29. The Hall–Kier alpha value is -1.29. The van der Waals surface area contributed by atoms with Crippen molar-refractivity contribution in [2.45, 2.75) is 13.3 Å². The van der Waals surface area contributed by atoms with Crippen molar-refractivity contribution in [1.29, 1.82) is 0 Å². The molecule has 0 spiro atoms. The van der Waals surface area contributed by atoms with E-state index in [0.29, 0.717) is 0 Å². The van der Waals surface area contributed by atoms with E-state index in [-0.39, 0.29) is 0 Å². The van der Waals surface area contributed by atoms with Gasteiger partial charge in [0.2, 0.25) is 0 Å². The maximum absolute atomic E-state index is 4.29. The first kappa shape index (κ1) is 12.2. The first-order valence-corrected chi connectivity index (χ1v) is 7.08. The van der Waals surface area contributed by atoms with Crippen LogP contribution in [0.1, 0.15) is 13.3 Å². The first-order chi connectivity index (χ1) is 8.42. The highest BCUT2D eigenvalue weighted by Gasteiger charge is 2.01. The summed E-state index contributed by atoms with van der Waals surface area (Å²) in [5.41, 5.74) is 0.992. The molecule has 3 nitrogen and oxygen atoms in total. The topological polar surface area (TPSA) is 37.8 Å². The third-order valence-electron chi connectivity index (χ3n) is 2.43. The van der Waals surface area contributed by atoms with E-state index in [0.717, 1.165) is 29.0 Å². The second-order valence-corrected chi connectivity index (χ2v) is 5.00. The van der Waals surface area contributed by atoms with Crippen LogP contribution in [-0.2, 0) is 0 Å². The Bertz CT molecular complexity index is 468. The van der Waals surface area contributed by atoms with Gasteiger partial charge in [0.25, 0.3) is 0 Å². The number of hydrogen-bond acceptors (Lipinski definition) is 4. The molecule has 17 heavy (non-hydrogen) atoms. The number of nitrogens with one attached hydrogen (secondary N) is 1. The molecule has 90 valence electrons. The number of anilines is 1. The molecule has 0 atom stereocenters. The molecule has 0 amide bonds. The summed E-state index contributed by atoms with van der Waals surface area (Å²) in [6, 6.07) is 8.07. The summed E-state index contributed by atoms with van der Waals surface area (Å²) >= 11 is 1.97. The Balaban J connectivity index is 1.98. The molecule has 0 radical (unpaired) electrons. The highest BCUT2D eigenvalue weighted by Crippen LogP contribution is 2.18. The van der Waals surface area contributed by atoms with E-state index < -0.39 is 0 Å². The molecular formula is C13H17N3S. The van der Waals surface area contributed by atoms with E-state index in [9.17, 15) is 0 Å². The van der Waals surface area contributed by atoms with E-state index in [4.69, 9.17) is 0 Å². The third-order valence-corrected chi connectivity index (χ3v) is 3.62. The molecule has 0 aliphatic rings. The molecular weight excluding hydrogens is 230 g/mol. The van der Waals surface area contributed by atoms with Gasteiger partial charge in [-0.2, -0.15) is 11.8 Å². The smallest absolute Gasteiger partial charge is 0.137 e. The lowest BCUT2D eigenvalue weighted by atomic mass is 10.2. The SMILES string of the molecule is CCCSCCNc1ncnc2ccccc12. The Morgan fingerprint density at radius 1 is 1.18 bits per heavy atom. The number of aromatic nitrogens is 2. The van der Waals surface area contributed by atoms with Gasteiger partial charge in [-0.15, -0.1) is 0 Å². The summed E-state index contributed by atoms with van der Waals surface area (Å²) < 4.78 is 0. The van der Waals surface area contributed by atoms with Crippen molar-refractivity contribution >= 4 is 28.5 Å². The zero-order valence-corrected chi connectivity index (χ0v) is 10.8. The molecule has 0 unspecified atom stereocenters. The van der Waals surface area contributed by atoms with E-state index in [1.54, 1.807) is 6.33 Å². The largest absolute Gasteiger partial charge is 0.369 e. The van der Waals surface area contributed by atoms with Gasteiger partial charge in [0.15, 0.2) is 0 Å². The van der Waals surface area contributed by atoms with Crippen LogP contribution in [0.15, 0.2) is 30.6 Å². The Morgan fingerprint density at radius 3 is 2.94 bits per heavy atom. The maximum Gasteiger partial charge on any atom is 0.137 e. The fourth-order valence-electron chi connectivity index (χ4n) is 1.63. The lowest BCUT2D eigenvalue weighted by Crippen LogP contribution is -2.06. The van der Waals surface area contributed by atoms with E-state index >= 15 is 0 Å². The minimum absolute atomic E-state index is 0.938. The summed E-state index contributed by atoms with van der Waals surface area (Å²) in [5.74, 6) is 3.28. The minimum atomic E-state index is 0.938. The Morgan fingerprint density at radius 2 is 2.06 bits per heavy atom.